The normalized spacial score (nSPS) is 10.7. The summed E-state index contributed by atoms with van der Waals surface area (Å²) < 4.78 is 5.94. The molecule has 0 saturated heterocycles. The number of thiazole rings is 1. The van der Waals surface area contributed by atoms with Crippen molar-refractivity contribution in [2.45, 2.75) is 6.92 Å². The van der Waals surface area contributed by atoms with Crippen LogP contribution in [0.1, 0.15) is 17.3 Å². The molecule has 0 saturated carbocycles. The minimum absolute atomic E-state index is 0.329. The van der Waals surface area contributed by atoms with Gasteiger partial charge in [-0.05, 0) is 37.3 Å². The molecule has 4 rings (SSSR count). The molecule has 4 aromatic rings. The molecule has 0 atom stereocenters. The third-order valence-electron chi connectivity index (χ3n) is 3.87. The third-order valence-corrected chi connectivity index (χ3v) is 4.80. The Morgan fingerprint density at radius 1 is 1.07 bits per heavy atom. The Bertz CT molecular complexity index is 1080. The van der Waals surface area contributed by atoms with Crippen molar-refractivity contribution >= 4 is 38.5 Å². The number of ether oxygens (including phenoxy) is 1. The molecule has 0 spiro atoms. The lowest BCUT2D eigenvalue weighted by molar-refractivity contribution is 0.0526. The number of hydrogen-bond acceptors (Lipinski definition) is 7. The van der Waals surface area contributed by atoms with Crippen LogP contribution in [0.15, 0.2) is 60.7 Å². The number of nitrogens with zero attached hydrogens (tertiary/aromatic N) is 3. The van der Waals surface area contributed by atoms with Gasteiger partial charge >= 0.3 is 5.97 Å². The number of benzene rings is 2. The van der Waals surface area contributed by atoms with E-state index in [1.807, 2.05) is 48.5 Å². The van der Waals surface area contributed by atoms with Crippen molar-refractivity contribution in [1.29, 1.82) is 0 Å². The molecule has 0 amide bonds. The lowest BCUT2D eigenvalue weighted by atomic mass is 10.1. The van der Waals surface area contributed by atoms with E-state index in [9.17, 15) is 4.79 Å². The highest BCUT2D eigenvalue weighted by molar-refractivity contribution is 7.22. The van der Waals surface area contributed by atoms with Crippen LogP contribution in [0.3, 0.4) is 0 Å². The van der Waals surface area contributed by atoms with E-state index in [1.54, 1.807) is 19.1 Å². The molecular formula is C20H16N4O2S. The van der Waals surface area contributed by atoms with E-state index in [0.29, 0.717) is 23.1 Å². The molecule has 0 unspecified atom stereocenters. The van der Waals surface area contributed by atoms with Crippen LogP contribution in [0, 0.1) is 0 Å². The van der Waals surface area contributed by atoms with Gasteiger partial charge in [0.15, 0.2) is 10.9 Å². The number of esters is 1. The fourth-order valence-corrected chi connectivity index (χ4v) is 3.50. The van der Waals surface area contributed by atoms with E-state index >= 15 is 0 Å². The molecule has 134 valence electrons. The number of rotatable bonds is 5. The van der Waals surface area contributed by atoms with E-state index in [4.69, 9.17) is 4.74 Å². The molecule has 27 heavy (non-hydrogen) atoms. The highest BCUT2D eigenvalue weighted by atomic mass is 32.1. The molecule has 7 heteroatoms. The second-order valence-electron chi connectivity index (χ2n) is 5.72. The van der Waals surface area contributed by atoms with Gasteiger partial charge in [0, 0.05) is 5.56 Å². The molecule has 0 fully saturated rings. The standard InChI is InChI=1S/C20H16N4O2S/c1-2-26-19(25)14-8-9-16-17(12-14)27-20(21-16)22-18-11-10-15(23-24-18)13-6-4-3-5-7-13/h3-12H,2H2,1H3,(H,21,22,24). The predicted octanol–water partition coefficient (Wildman–Crippen LogP) is 4.67. The lowest BCUT2D eigenvalue weighted by Crippen LogP contribution is -2.03. The summed E-state index contributed by atoms with van der Waals surface area (Å²) in [6.45, 7) is 2.14. The largest absolute Gasteiger partial charge is 0.462 e. The van der Waals surface area contributed by atoms with Crippen molar-refractivity contribution in [1.82, 2.24) is 15.2 Å². The summed E-state index contributed by atoms with van der Waals surface area (Å²) in [6, 6.07) is 19.0. The smallest absolute Gasteiger partial charge is 0.338 e. The zero-order valence-electron chi connectivity index (χ0n) is 14.5. The first-order valence-corrected chi connectivity index (χ1v) is 9.28. The van der Waals surface area contributed by atoms with Crippen LogP contribution in [-0.2, 0) is 4.74 Å². The highest BCUT2D eigenvalue weighted by Gasteiger charge is 2.11. The lowest BCUT2D eigenvalue weighted by Gasteiger charge is -2.02. The number of aromatic nitrogens is 3. The fourth-order valence-electron chi connectivity index (χ4n) is 2.59. The number of hydrogen-bond donors (Lipinski definition) is 1. The maximum atomic E-state index is 11.9. The van der Waals surface area contributed by atoms with Gasteiger partial charge in [-0.15, -0.1) is 10.2 Å². The quantitative estimate of drug-likeness (QED) is 0.510. The number of carbonyl (C=O) groups excluding carboxylic acids is 1. The Hall–Kier alpha value is -3.32. The molecule has 2 aromatic heterocycles. The summed E-state index contributed by atoms with van der Waals surface area (Å²) in [5.41, 5.74) is 3.16. The van der Waals surface area contributed by atoms with Crippen LogP contribution >= 0.6 is 11.3 Å². The van der Waals surface area contributed by atoms with Crippen LogP contribution in [0.5, 0.6) is 0 Å². The molecule has 0 bridgehead atoms. The summed E-state index contributed by atoms with van der Waals surface area (Å²) in [6.07, 6.45) is 0. The third kappa shape index (κ3) is 3.78. The minimum atomic E-state index is -0.329. The van der Waals surface area contributed by atoms with Crippen molar-refractivity contribution < 1.29 is 9.53 Å². The van der Waals surface area contributed by atoms with Crippen LogP contribution in [-0.4, -0.2) is 27.8 Å². The van der Waals surface area contributed by atoms with Crippen LogP contribution in [0.25, 0.3) is 21.5 Å². The minimum Gasteiger partial charge on any atom is -0.462 e. The van der Waals surface area contributed by atoms with Gasteiger partial charge in [-0.2, -0.15) is 0 Å². The zero-order valence-corrected chi connectivity index (χ0v) is 15.4. The second-order valence-corrected chi connectivity index (χ2v) is 6.75. The maximum Gasteiger partial charge on any atom is 0.338 e. The summed E-state index contributed by atoms with van der Waals surface area (Å²) >= 11 is 1.44. The first kappa shape index (κ1) is 17.1. The Morgan fingerprint density at radius 2 is 1.93 bits per heavy atom. The number of carbonyl (C=O) groups is 1. The molecule has 0 aliphatic rings. The summed E-state index contributed by atoms with van der Waals surface area (Å²) in [5.74, 6) is 0.282. The Labute approximate surface area is 159 Å². The van der Waals surface area contributed by atoms with E-state index in [1.165, 1.54) is 11.3 Å². The molecule has 2 aromatic carbocycles. The van der Waals surface area contributed by atoms with Crippen molar-refractivity contribution in [3.05, 3.63) is 66.2 Å². The second kappa shape index (κ2) is 7.51. The van der Waals surface area contributed by atoms with Gasteiger partial charge < -0.3 is 10.1 Å². The van der Waals surface area contributed by atoms with Crippen LogP contribution < -0.4 is 5.32 Å². The van der Waals surface area contributed by atoms with Crippen molar-refractivity contribution in [3.8, 4) is 11.3 Å². The van der Waals surface area contributed by atoms with E-state index < -0.39 is 0 Å². The average molecular weight is 376 g/mol. The van der Waals surface area contributed by atoms with Crippen molar-refractivity contribution in [2.75, 3.05) is 11.9 Å². The van der Waals surface area contributed by atoms with Crippen molar-refractivity contribution in [2.24, 2.45) is 0 Å². The van der Waals surface area contributed by atoms with E-state index in [-0.39, 0.29) is 5.97 Å². The molecule has 1 N–H and O–H groups in total. The monoisotopic (exact) mass is 376 g/mol. The molecule has 0 aliphatic heterocycles. The molecule has 0 radical (unpaired) electrons. The predicted molar refractivity (Wildman–Crippen MR) is 106 cm³/mol. The van der Waals surface area contributed by atoms with Gasteiger partial charge in [0.2, 0.25) is 0 Å². The summed E-state index contributed by atoms with van der Waals surface area (Å²) in [4.78, 5) is 16.4. The average Bonchev–Trinajstić information content (AvgIpc) is 3.11. The van der Waals surface area contributed by atoms with Gasteiger partial charge in [-0.1, -0.05) is 41.7 Å². The number of anilines is 2. The fraction of sp³-hybridized carbons (Fsp3) is 0.100. The highest BCUT2D eigenvalue weighted by Crippen LogP contribution is 2.29. The summed E-state index contributed by atoms with van der Waals surface area (Å²) in [7, 11) is 0. The van der Waals surface area contributed by atoms with E-state index in [2.05, 4.69) is 20.5 Å². The Morgan fingerprint density at radius 3 is 2.67 bits per heavy atom. The molecule has 6 nitrogen and oxygen atoms in total. The van der Waals surface area contributed by atoms with Gasteiger partial charge in [0.25, 0.3) is 0 Å². The Kier molecular flexibility index (Phi) is 4.76. The first-order valence-electron chi connectivity index (χ1n) is 8.47. The summed E-state index contributed by atoms with van der Waals surface area (Å²) in [5, 5.41) is 12.3. The molecular weight excluding hydrogens is 360 g/mol. The first-order chi connectivity index (χ1) is 13.2. The van der Waals surface area contributed by atoms with E-state index in [0.717, 1.165) is 21.5 Å². The number of nitrogens with one attached hydrogen (secondary N) is 1. The van der Waals surface area contributed by atoms with Gasteiger partial charge in [-0.3, -0.25) is 0 Å². The zero-order chi connectivity index (χ0) is 18.6. The molecule has 0 aliphatic carbocycles. The maximum absolute atomic E-state index is 11.9. The SMILES string of the molecule is CCOC(=O)c1ccc2nc(Nc3ccc(-c4ccccc4)nn3)sc2c1. The Balaban J connectivity index is 1.54. The van der Waals surface area contributed by atoms with Crippen LogP contribution in [0.4, 0.5) is 10.9 Å². The van der Waals surface area contributed by atoms with Gasteiger partial charge in [0.05, 0.1) is 28.1 Å². The van der Waals surface area contributed by atoms with Gasteiger partial charge in [-0.25, -0.2) is 9.78 Å². The van der Waals surface area contributed by atoms with Crippen molar-refractivity contribution in [3.63, 3.8) is 0 Å². The topological polar surface area (TPSA) is 77.0 Å². The van der Waals surface area contributed by atoms with Crippen LogP contribution in [0.2, 0.25) is 0 Å². The van der Waals surface area contributed by atoms with Gasteiger partial charge in [0.1, 0.15) is 0 Å². The molecule has 2 heterocycles. The number of fused-ring (bicyclic) bond motifs is 1.